The number of aliphatic imine (C=N–C) groups is 1. The van der Waals surface area contributed by atoms with Gasteiger partial charge in [-0.25, -0.2) is 13.8 Å². The fourth-order valence-electron chi connectivity index (χ4n) is 3.54. The first-order chi connectivity index (χ1) is 13.8. The van der Waals surface area contributed by atoms with Crippen LogP contribution in [0.1, 0.15) is 66.2 Å². The zero-order valence-corrected chi connectivity index (χ0v) is 18.7. The molecular formula is C23H39F2N3O. The fourth-order valence-corrected chi connectivity index (χ4v) is 3.54. The van der Waals surface area contributed by atoms with Crippen LogP contribution in [0.2, 0.25) is 0 Å². The Balaban J connectivity index is 2.86. The van der Waals surface area contributed by atoms with Gasteiger partial charge in [-0.3, -0.25) is 0 Å². The summed E-state index contributed by atoms with van der Waals surface area (Å²) < 4.78 is 24.6. The highest BCUT2D eigenvalue weighted by atomic mass is 19.3. The van der Waals surface area contributed by atoms with Crippen molar-refractivity contribution in [2.24, 2.45) is 10.9 Å². The lowest BCUT2D eigenvalue weighted by Gasteiger charge is -2.43. The van der Waals surface area contributed by atoms with Gasteiger partial charge in [0, 0.05) is 44.4 Å². The lowest BCUT2D eigenvalue weighted by atomic mass is 9.79. The number of unbranched alkanes of at least 4 members (excludes halogenated alkanes) is 1. The number of halogens is 2. The number of nitrogens with zero attached hydrogens (tertiary/aromatic N) is 3. The molecule has 4 nitrogen and oxygen atoms in total. The summed E-state index contributed by atoms with van der Waals surface area (Å²) >= 11 is 0. The van der Waals surface area contributed by atoms with E-state index >= 15 is 0 Å². The quantitative estimate of drug-likeness (QED) is 0.227. The van der Waals surface area contributed by atoms with Crippen LogP contribution in [0.15, 0.2) is 40.2 Å². The summed E-state index contributed by atoms with van der Waals surface area (Å²) in [5.41, 5.74) is 2.37. The highest BCUT2D eigenvalue weighted by Crippen LogP contribution is 2.35. The lowest BCUT2D eigenvalue weighted by Crippen LogP contribution is -2.46. The third-order valence-corrected chi connectivity index (χ3v) is 5.34. The Hall–Kier alpha value is -1.53. The average molecular weight is 412 g/mol. The van der Waals surface area contributed by atoms with E-state index < -0.39 is 6.43 Å². The number of rotatable bonds is 13. The van der Waals surface area contributed by atoms with E-state index in [9.17, 15) is 14.0 Å². The molecule has 0 aromatic carbocycles. The first-order valence-corrected chi connectivity index (χ1v) is 10.8. The van der Waals surface area contributed by atoms with Gasteiger partial charge in [0.05, 0.1) is 0 Å². The molecule has 0 spiro atoms. The van der Waals surface area contributed by atoms with E-state index in [1.165, 1.54) is 5.57 Å². The minimum Gasteiger partial charge on any atom is -0.356 e. The molecule has 1 saturated carbocycles. The third kappa shape index (κ3) is 8.79. The molecule has 0 unspecified atom stereocenters. The van der Waals surface area contributed by atoms with Crippen molar-refractivity contribution in [3.05, 3.63) is 35.2 Å². The monoisotopic (exact) mass is 411 g/mol. The van der Waals surface area contributed by atoms with E-state index in [1.807, 2.05) is 13.1 Å². The Kier molecular flexibility index (Phi) is 12.0. The van der Waals surface area contributed by atoms with Crippen molar-refractivity contribution in [3.63, 3.8) is 0 Å². The molecule has 0 saturated heterocycles. The van der Waals surface area contributed by atoms with Crippen molar-refractivity contribution in [2.75, 3.05) is 20.1 Å². The maximum atomic E-state index is 12.3. The van der Waals surface area contributed by atoms with Gasteiger partial charge in [0.2, 0.25) is 6.43 Å². The van der Waals surface area contributed by atoms with Crippen LogP contribution in [0.5, 0.6) is 0 Å². The van der Waals surface area contributed by atoms with E-state index in [1.54, 1.807) is 0 Å². The van der Waals surface area contributed by atoms with Crippen LogP contribution in [0.4, 0.5) is 8.78 Å². The van der Waals surface area contributed by atoms with Gasteiger partial charge in [0.25, 0.3) is 0 Å². The molecule has 0 heterocycles. The molecular weight excluding hydrogens is 372 g/mol. The second-order valence-electron chi connectivity index (χ2n) is 7.81. The fraction of sp³-hybridized carbons (Fsp3) is 0.696. The number of allylic oxidation sites excluding steroid dienone is 5. The largest absolute Gasteiger partial charge is 0.356 e. The predicted molar refractivity (Wildman–Crippen MR) is 118 cm³/mol. The minimum absolute atomic E-state index is 0.0212. The molecule has 1 rings (SSSR count). The van der Waals surface area contributed by atoms with Crippen LogP contribution in [0.25, 0.3) is 0 Å². The van der Waals surface area contributed by atoms with Gasteiger partial charge in [-0.15, -0.1) is 0 Å². The Morgan fingerprint density at radius 2 is 1.97 bits per heavy atom. The maximum absolute atomic E-state index is 12.3. The summed E-state index contributed by atoms with van der Waals surface area (Å²) in [6.07, 6.45) is 10.7. The highest BCUT2D eigenvalue weighted by Gasteiger charge is 2.34. The van der Waals surface area contributed by atoms with Crippen LogP contribution >= 0.6 is 0 Å². The number of hydroxylamine groups is 2. The second kappa shape index (κ2) is 13.6. The number of hydrogen-bond acceptors (Lipinski definition) is 4. The summed E-state index contributed by atoms with van der Waals surface area (Å²) in [6, 6.07) is 0.339. The SMILES string of the molecule is C\C=N/C(=C(/C=C\CC)C(\C)=C\CCC)N(C)C1CC(CN(O)CCC(F)F)C1. The van der Waals surface area contributed by atoms with E-state index in [-0.39, 0.29) is 13.0 Å². The van der Waals surface area contributed by atoms with Gasteiger partial charge < -0.3 is 10.1 Å². The summed E-state index contributed by atoms with van der Waals surface area (Å²) in [5, 5.41) is 10.9. The van der Waals surface area contributed by atoms with Gasteiger partial charge in [-0.2, -0.15) is 5.06 Å². The topological polar surface area (TPSA) is 39.1 Å². The number of alkyl halides is 2. The molecule has 1 aliphatic rings. The maximum Gasteiger partial charge on any atom is 0.239 e. The molecule has 166 valence electrons. The normalized spacial score (nSPS) is 21.4. The van der Waals surface area contributed by atoms with Crippen LogP contribution in [0.3, 0.4) is 0 Å². The Morgan fingerprint density at radius 3 is 2.52 bits per heavy atom. The van der Waals surface area contributed by atoms with E-state index in [4.69, 9.17) is 0 Å². The van der Waals surface area contributed by atoms with E-state index in [0.717, 1.165) is 48.6 Å². The van der Waals surface area contributed by atoms with Crippen molar-refractivity contribution >= 4 is 6.21 Å². The molecule has 0 aromatic rings. The molecule has 0 aliphatic heterocycles. The van der Waals surface area contributed by atoms with Crippen molar-refractivity contribution in [1.29, 1.82) is 0 Å². The van der Waals surface area contributed by atoms with Crippen LogP contribution in [0, 0.1) is 5.92 Å². The first kappa shape index (κ1) is 25.5. The standard InChI is InChI=1S/C23H39F2N3O/c1-6-9-11-18(4)21(12-10-7-2)23(26-8-3)27(5)20-15-19(16-20)17-28(29)14-13-22(24)25/h8,10-12,19-20,22,29H,6-7,9,13-17H2,1-5H3/b12-10-,18-11+,23-21+,26-8-. The highest BCUT2D eigenvalue weighted by molar-refractivity contribution is 5.57. The molecule has 0 atom stereocenters. The summed E-state index contributed by atoms with van der Waals surface area (Å²) in [6.45, 7) is 8.83. The van der Waals surface area contributed by atoms with Crippen molar-refractivity contribution in [2.45, 2.75) is 78.7 Å². The molecule has 0 amide bonds. The van der Waals surface area contributed by atoms with Gasteiger partial charge in [-0.05, 0) is 51.0 Å². The number of hydrogen-bond donors (Lipinski definition) is 1. The zero-order chi connectivity index (χ0) is 21.8. The molecule has 1 fully saturated rings. The van der Waals surface area contributed by atoms with Gasteiger partial charge in [0.15, 0.2) is 0 Å². The van der Waals surface area contributed by atoms with Crippen molar-refractivity contribution in [3.8, 4) is 0 Å². The first-order valence-electron chi connectivity index (χ1n) is 10.8. The lowest BCUT2D eigenvalue weighted by molar-refractivity contribution is -0.120. The predicted octanol–water partition coefficient (Wildman–Crippen LogP) is 6.06. The van der Waals surface area contributed by atoms with Crippen molar-refractivity contribution in [1.82, 2.24) is 9.96 Å². The van der Waals surface area contributed by atoms with E-state index in [0.29, 0.717) is 18.5 Å². The van der Waals surface area contributed by atoms with Gasteiger partial charge in [-0.1, -0.05) is 38.5 Å². The Morgan fingerprint density at radius 1 is 1.28 bits per heavy atom. The van der Waals surface area contributed by atoms with Crippen LogP contribution < -0.4 is 0 Å². The van der Waals surface area contributed by atoms with Crippen LogP contribution in [-0.4, -0.2) is 54.0 Å². The van der Waals surface area contributed by atoms with Crippen molar-refractivity contribution < 1.29 is 14.0 Å². The Labute approximate surface area is 175 Å². The van der Waals surface area contributed by atoms with Crippen LogP contribution in [-0.2, 0) is 0 Å². The molecule has 6 heteroatoms. The second-order valence-corrected chi connectivity index (χ2v) is 7.81. The molecule has 1 N–H and O–H groups in total. The summed E-state index contributed by atoms with van der Waals surface area (Å²) in [4.78, 5) is 6.92. The Bertz CT molecular complexity index is 593. The average Bonchev–Trinajstić information content (AvgIpc) is 2.65. The molecule has 1 aliphatic carbocycles. The molecule has 0 bridgehead atoms. The smallest absolute Gasteiger partial charge is 0.239 e. The summed E-state index contributed by atoms with van der Waals surface area (Å²) in [7, 11) is 2.07. The third-order valence-electron chi connectivity index (χ3n) is 5.34. The molecule has 0 aromatic heterocycles. The van der Waals surface area contributed by atoms with Gasteiger partial charge >= 0.3 is 0 Å². The zero-order valence-electron chi connectivity index (χ0n) is 18.7. The van der Waals surface area contributed by atoms with E-state index in [2.05, 4.69) is 55.9 Å². The van der Waals surface area contributed by atoms with Gasteiger partial charge in [0.1, 0.15) is 5.82 Å². The minimum atomic E-state index is -2.37. The molecule has 29 heavy (non-hydrogen) atoms. The molecule has 0 radical (unpaired) electrons. The summed E-state index contributed by atoms with van der Waals surface area (Å²) in [5.74, 6) is 1.28.